The van der Waals surface area contributed by atoms with Crippen molar-refractivity contribution in [1.29, 1.82) is 0 Å². The quantitative estimate of drug-likeness (QED) is 0.530. The van der Waals surface area contributed by atoms with Gasteiger partial charge in [0.05, 0.1) is 0 Å². The first kappa shape index (κ1) is 17.2. The molecule has 0 heterocycles. The summed E-state index contributed by atoms with van der Waals surface area (Å²) in [5, 5.41) is -1.56. The molecule has 0 bridgehead atoms. The third kappa shape index (κ3) is 6.62. The molecular formula is C10H18Cl2O4S. The van der Waals surface area contributed by atoms with Gasteiger partial charge in [-0.3, -0.25) is 18.7 Å². The maximum atomic E-state index is 11.5. The van der Waals surface area contributed by atoms with Crippen LogP contribution >= 0.6 is 33.8 Å². The van der Waals surface area contributed by atoms with Gasteiger partial charge < -0.3 is 0 Å². The minimum atomic E-state index is -3.76. The fourth-order valence-corrected chi connectivity index (χ4v) is 2.63. The van der Waals surface area contributed by atoms with Crippen molar-refractivity contribution < 1.29 is 18.7 Å². The van der Waals surface area contributed by atoms with E-state index in [1.807, 2.05) is 0 Å². The summed E-state index contributed by atoms with van der Waals surface area (Å²) in [4.78, 5) is 22.9. The average molecular weight is 305 g/mol. The Hall–Kier alpha value is 0.190. The number of hydrogen-bond acceptors (Lipinski definition) is 4. The van der Waals surface area contributed by atoms with E-state index in [0.717, 1.165) is 0 Å². The highest BCUT2D eigenvalue weighted by molar-refractivity contribution is 8.47. The van der Waals surface area contributed by atoms with Crippen LogP contribution in [0.15, 0.2) is 0 Å². The second kappa shape index (κ2) is 9.16. The summed E-state index contributed by atoms with van der Waals surface area (Å²) in [6, 6.07) is 0. The Labute approximate surface area is 113 Å². The van der Waals surface area contributed by atoms with E-state index in [2.05, 4.69) is 0 Å². The van der Waals surface area contributed by atoms with Crippen LogP contribution in [0.25, 0.3) is 0 Å². The first-order valence-electron chi connectivity index (χ1n) is 5.42. The number of halogens is 2. The highest BCUT2D eigenvalue weighted by Crippen LogP contribution is 2.43. The van der Waals surface area contributed by atoms with Crippen molar-refractivity contribution in [3.63, 3.8) is 0 Å². The first-order valence-corrected chi connectivity index (χ1v) is 8.04. The predicted molar refractivity (Wildman–Crippen MR) is 72.0 cm³/mol. The Morgan fingerprint density at radius 1 is 0.824 bits per heavy atom. The molecule has 0 radical (unpaired) electrons. The highest BCUT2D eigenvalue weighted by Gasteiger charge is 2.30. The molecule has 0 saturated carbocycles. The van der Waals surface area contributed by atoms with Crippen LogP contribution in [0.4, 0.5) is 0 Å². The van der Waals surface area contributed by atoms with Crippen molar-refractivity contribution >= 4 is 44.0 Å². The van der Waals surface area contributed by atoms with Crippen LogP contribution in [-0.2, 0) is 9.59 Å². The Morgan fingerprint density at radius 3 is 1.47 bits per heavy atom. The van der Waals surface area contributed by atoms with Crippen molar-refractivity contribution in [2.75, 3.05) is 11.8 Å². The molecule has 102 valence electrons. The Balaban J connectivity index is 4.13. The molecule has 0 unspecified atom stereocenters. The maximum Gasteiger partial charge on any atom is 0.246 e. The van der Waals surface area contributed by atoms with Gasteiger partial charge >= 0.3 is 0 Å². The lowest BCUT2D eigenvalue weighted by Gasteiger charge is -2.27. The van der Waals surface area contributed by atoms with Gasteiger partial charge in [-0.2, -0.15) is 0 Å². The second-order valence-electron chi connectivity index (χ2n) is 3.59. The normalized spacial score (nSPS) is 12.5. The molecule has 0 aliphatic rings. The molecule has 0 atom stereocenters. The number of rotatable bonds is 8. The van der Waals surface area contributed by atoms with Crippen LogP contribution in [0, 0.1) is 0 Å². The predicted octanol–water partition coefficient (Wildman–Crippen LogP) is 3.61. The van der Waals surface area contributed by atoms with Gasteiger partial charge in [0.25, 0.3) is 0 Å². The molecule has 7 heteroatoms. The van der Waals surface area contributed by atoms with Crippen LogP contribution < -0.4 is 0 Å². The SMILES string of the molecule is O=C(CCCCCl)S(O)(O)C(=O)CCCCCl. The summed E-state index contributed by atoms with van der Waals surface area (Å²) in [6.45, 7) is 0. The van der Waals surface area contributed by atoms with Crippen LogP contribution in [0.3, 0.4) is 0 Å². The van der Waals surface area contributed by atoms with E-state index < -0.39 is 20.8 Å². The molecular weight excluding hydrogens is 287 g/mol. The number of carbonyl (C=O) groups is 2. The lowest BCUT2D eigenvalue weighted by molar-refractivity contribution is -0.115. The Kier molecular flexibility index (Phi) is 9.27. The molecule has 0 aromatic heterocycles. The molecule has 0 aliphatic carbocycles. The molecule has 0 saturated heterocycles. The van der Waals surface area contributed by atoms with E-state index in [1.165, 1.54) is 0 Å². The molecule has 17 heavy (non-hydrogen) atoms. The molecule has 0 amide bonds. The van der Waals surface area contributed by atoms with Gasteiger partial charge in [0.2, 0.25) is 10.2 Å². The summed E-state index contributed by atoms with van der Waals surface area (Å²) in [7, 11) is -3.76. The van der Waals surface area contributed by atoms with Crippen molar-refractivity contribution in [1.82, 2.24) is 0 Å². The Morgan fingerprint density at radius 2 is 1.18 bits per heavy atom. The zero-order valence-corrected chi connectivity index (χ0v) is 11.9. The average Bonchev–Trinajstić information content (AvgIpc) is 2.29. The molecule has 4 nitrogen and oxygen atoms in total. The van der Waals surface area contributed by atoms with Crippen molar-refractivity contribution in [3.8, 4) is 0 Å². The monoisotopic (exact) mass is 304 g/mol. The minimum absolute atomic E-state index is 0.0176. The number of alkyl halides is 2. The van der Waals surface area contributed by atoms with Crippen LogP contribution in [0.2, 0.25) is 0 Å². The van der Waals surface area contributed by atoms with E-state index >= 15 is 0 Å². The van der Waals surface area contributed by atoms with Gasteiger partial charge in [-0.15, -0.1) is 23.2 Å². The van der Waals surface area contributed by atoms with Crippen molar-refractivity contribution in [2.24, 2.45) is 0 Å². The third-order valence-corrected chi connectivity index (χ3v) is 4.38. The molecule has 0 spiro atoms. The van der Waals surface area contributed by atoms with E-state index in [0.29, 0.717) is 37.4 Å². The fourth-order valence-electron chi connectivity index (χ4n) is 1.14. The van der Waals surface area contributed by atoms with E-state index in [1.54, 1.807) is 0 Å². The smallest absolute Gasteiger partial charge is 0.246 e. The van der Waals surface area contributed by atoms with Crippen LogP contribution in [0.1, 0.15) is 38.5 Å². The highest BCUT2D eigenvalue weighted by atomic mass is 35.5. The zero-order valence-electron chi connectivity index (χ0n) is 9.53. The second-order valence-corrected chi connectivity index (χ2v) is 6.35. The lowest BCUT2D eigenvalue weighted by atomic mass is 10.3. The zero-order chi connectivity index (χ0) is 13.3. The van der Waals surface area contributed by atoms with Gasteiger partial charge in [-0.25, -0.2) is 0 Å². The Bertz CT molecular complexity index is 235. The van der Waals surface area contributed by atoms with Gasteiger partial charge in [0, 0.05) is 24.6 Å². The molecule has 0 rings (SSSR count). The number of unbranched alkanes of at least 4 members (excludes halogenated alkanes) is 2. The molecule has 0 fully saturated rings. The number of carbonyl (C=O) groups excluding carboxylic acids is 2. The summed E-state index contributed by atoms with van der Waals surface area (Å²) >= 11 is 10.9. The lowest BCUT2D eigenvalue weighted by Crippen LogP contribution is -2.20. The maximum absolute atomic E-state index is 11.5. The number of hydrogen-bond donors (Lipinski definition) is 2. The molecule has 0 aromatic carbocycles. The largest absolute Gasteiger partial charge is 0.286 e. The third-order valence-electron chi connectivity index (χ3n) is 2.16. The van der Waals surface area contributed by atoms with Gasteiger partial charge in [0.1, 0.15) is 0 Å². The van der Waals surface area contributed by atoms with Crippen LogP contribution in [0.5, 0.6) is 0 Å². The van der Waals surface area contributed by atoms with Crippen molar-refractivity contribution in [3.05, 3.63) is 0 Å². The first-order chi connectivity index (χ1) is 7.96. The van der Waals surface area contributed by atoms with E-state index in [4.69, 9.17) is 23.2 Å². The van der Waals surface area contributed by atoms with E-state index in [9.17, 15) is 18.7 Å². The topological polar surface area (TPSA) is 74.6 Å². The summed E-state index contributed by atoms with van der Waals surface area (Å²) in [5.74, 6) is 0.826. The fraction of sp³-hybridized carbons (Fsp3) is 0.800. The summed E-state index contributed by atoms with van der Waals surface area (Å²) in [6.07, 6.45) is 2.12. The minimum Gasteiger partial charge on any atom is -0.286 e. The molecule has 2 N–H and O–H groups in total. The van der Waals surface area contributed by atoms with Gasteiger partial charge in [-0.1, -0.05) is 10.6 Å². The molecule has 0 aliphatic heterocycles. The van der Waals surface area contributed by atoms with Gasteiger partial charge in [-0.05, 0) is 25.7 Å². The summed E-state index contributed by atoms with van der Waals surface area (Å²) < 4.78 is 19.0. The summed E-state index contributed by atoms with van der Waals surface area (Å²) in [5.41, 5.74) is 0. The van der Waals surface area contributed by atoms with Crippen molar-refractivity contribution in [2.45, 2.75) is 38.5 Å². The van der Waals surface area contributed by atoms with E-state index in [-0.39, 0.29) is 12.8 Å². The van der Waals surface area contributed by atoms with Gasteiger partial charge in [0.15, 0.2) is 0 Å². The molecule has 0 aromatic rings. The standard InChI is InChI=1S/C10H18Cl2O4S/c11-7-3-1-5-9(13)17(15,16)10(14)6-2-4-8-12/h15-16H,1-8H2. The van der Waals surface area contributed by atoms with Crippen LogP contribution in [-0.4, -0.2) is 31.1 Å².